The number of imide groups is 1. The molecule has 0 aromatic heterocycles. The lowest BCUT2D eigenvalue weighted by molar-refractivity contribution is -0.111. The Kier molecular flexibility index (Phi) is 5.83. The Morgan fingerprint density at radius 1 is 1.00 bits per heavy atom. The summed E-state index contributed by atoms with van der Waals surface area (Å²) in [6.45, 7) is 10.6. The monoisotopic (exact) mass is 327 g/mol. The van der Waals surface area contributed by atoms with Crippen molar-refractivity contribution in [1.82, 2.24) is 4.90 Å². The summed E-state index contributed by atoms with van der Waals surface area (Å²) >= 11 is 0. The fourth-order valence-electron chi connectivity index (χ4n) is 2.45. The Hall–Kier alpha value is -1.59. The highest BCUT2D eigenvalue weighted by atomic mass is 16.6. The number of hydrogen-bond donors (Lipinski definition) is 0. The van der Waals surface area contributed by atoms with E-state index < -0.39 is 23.4 Å². The van der Waals surface area contributed by atoms with Crippen LogP contribution in [0.3, 0.4) is 0 Å². The first-order valence-corrected chi connectivity index (χ1v) is 8.05. The Morgan fingerprint density at radius 3 is 1.70 bits per heavy atom. The Balaban J connectivity index is 2.93. The van der Waals surface area contributed by atoms with Gasteiger partial charge in [-0.15, -0.1) is 0 Å². The maximum atomic E-state index is 12.4. The van der Waals surface area contributed by atoms with Crippen LogP contribution < -0.4 is 0 Å². The molecule has 0 unspecified atom stereocenters. The number of rotatable bonds is 4. The first-order chi connectivity index (χ1) is 10.4. The molecule has 0 spiro atoms. The second kappa shape index (κ2) is 6.89. The van der Waals surface area contributed by atoms with E-state index in [9.17, 15) is 14.4 Å². The van der Waals surface area contributed by atoms with Crippen molar-refractivity contribution in [3.8, 4) is 0 Å². The van der Waals surface area contributed by atoms with Crippen molar-refractivity contribution in [2.45, 2.75) is 78.4 Å². The predicted molar refractivity (Wildman–Crippen MR) is 86.1 cm³/mol. The summed E-state index contributed by atoms with van der Waals surface area (Å²) in [4.78, 5) is 36.8. The molecule has 1 fully saturated rings. The molecular weight excluding hydrogens is 298 g/mol. The average Bonchev–Trinajstić information content (AvgIpc) is 2.27. The van der Waals surface area contributed by atoms with Gasteiger partial charge in [0.05, 0.1) is 0 Å². The summed E-state index contributed by atoms with van der Waals surface area (Å²) in [5.41, 5.74) is -1.76. The summed E-state index contributed by atoms with van der Waals surface area (Å²) in [6, 6.07) is 0. The van der Waals surface area contributed by atoms with Crippen molar-refractivity contribution >= 4 is 18.5 Å². The minimum absolute atomic E-state index is 0.148. The van der Waals surface area contributed by atoms with Gasteiger partial charge in [0.2, 0.25) is 0 Å². The minimum atomic E-state index is -0.732. The van der Waals surface area contributed by atoms with Gasteiger partial charge in [0.15, 0.2) is 0 Å². The molecule has 1 rings (SSSR count). The third-order valence-corrected chi connectivity index (χ3v) is 3.65. The Morgan fingerprint density at radius 2 is 1.43 bits per heavy atom. The second-order valence-electron chi connectivity index (χ2n) is 8.27. The Bertz CT molecular complexity index is 427. The SMILES string of the molecule is CC(C)(C)OC(=O)N(CC1(CC=O)CCC1)C(=O)OC(C)(C)C. The summed E-state index contributed by atoms with van der Waals surface area (Å²) in [7, 11) is 0. The van der Waals surface area contributed by atoms with Crippen LogP contribution in [0, 0.1) is 5.41 Å². The van der Waals surface area contributed by atoms with Crippen molar-refractivity contribution in [2.24, 2.45) is 5.41 Å². The molecular formula is C17H29NO5. The highest BCUT2D eigenvalue weighted by molar-refractivity contribution is 5.88. The molecule has 2 amide bonds. The zero-order chi connectivity index (χ0) is 17.9. The highest BCUT2D eigenvalue weighted by Gasteiger charge is 2.43. The molecule has 0 heterocycles. The largest absolute Gasteiger partial charge is 0.443 e. The first-order valence-electron chi connectivity index (χ1n) is 8.05. The third kappa shape index (κ3) is 6.20. The van der Waals surface area contributed by atoms with Crippen LogP contribution in [0.25, 0.3) is 0 Å². The fraction of sp³-hybridized carbons (Fsp3) is 0.824. The lowest BCUT2D eigenvalue weighted by atomic mass is 9.66. The number of hydrogen-bond acceptors (Lipinski definition) is 5. The van der Waals surface area contributed by atoms with Crippen LogP contribution in [0.15, 0.2) is 0 Å². The van der Waals surface area contributed by atoms with E-state index in [0.717, 1.165) is 30.4 Å². The normalized spacial score (nSPS) is 17.0. The number of ether oxygens (including phenoxy) is 2. The third-order valence-electron chi connectivity index (χ3n) is 3.65. The molecule has 0 aromatic carbocycles. The topological polar surface area (TPSA) is 72.9 Å². The molecule has 0 aromatic rings. The van der Waals surface area contributed by atoms with Gasteiger partial charge in [-0.25, -0.2) is 14.5 Å². The van der Waals surface area contributed by atoms with Gasteiger partial charge in [0, 0.05) is 13.0 Å². The number of amides is 2. The second-order valence-corrected chi connectivity index (χ2v) is 8.27. The van der Waals surface area contributed by atoms with Gasteiger partial charge in [-0.3, -0.25) is 0 Å². The van der Waals surface area contributed by atoms with Crippen molar-refractivity contribution in [3.63, 3.8) is 0 Å². The number of carbonyl (C=O) groups excluding carboxylic acids is 3. The lowest BCUT2D eigenvalue weighted by Gasteiger charge is -2.43. The van der Waals surface area contributed by atoms with E-state index in [1.165, 1.54) is 0 Å². The van der Waals surface area contributed by atoms with Crippen LogP contribution in [0.1, 0.15) is 67.2 Å². The van der Waals surface area contributed by atoms with Crippen LogP contribution >= 0.6 is 0 Å². The van der Waals surface area contributed by atoms with Crippen LogP contribution in [0.2, 0.25) is 0 Å². The molecule has 0 aliphatic heterocycles. The molecule has 0 radical (unpaired) electrons. The highest BCUT2D eigenvalue weighted by Crippen LogP contribution is 2.44. The average molecular weight is 327 g/mol. The Labute approximate surface area is 138 Å². The van der Waals surface area contributed by atoms with Gasteiger partial charge >= 0.3 is 12.2 Å². The van der Waals surface area contributed by atoms with E-state index in [1.807, 2.05) is 0 Å². The van der Waals surface area contributed by atoms with E-state index in [2.05, 4.69) is 0 Å². The number of aldehydes is 1. The summed E-state index contributed by atoms with van der Waals surface area (Å²) in [5, 5.41) is 0. The van der Waals surface area contributed by atoms with Crippen molar-refractivity contribution in [1.29, 1.82) is 0 Å². The van der Waals surface area contributed by atoms with E-state index in [1.54, 1.807) is 41.5 Å². The van der Waals surface area contributed by atoms with Gasteiger partial charge in [-0.05, 0) is 59.8 Å². The van der Waals surface area contributed by atoms with Crippen LogP contribution in [-0.4, -0.2) is 41.1 Å². The molecule has 0 atom stereocenters. The molecule has 0 N–H and O–H groups in total. The summed E-state index contributed by atoms with van der Waals surface area (Å²) in [5.74, 6) is 0. The number of nitrogens with zero attached hydrogens (tertiary/aromatic N) is 1. The minimum Gasteiger partial charge on any atom is -0.443 e. The zero-order valence-corrected chi connectivity index (χ0v) is 15.1. The van der Waals surface area contributed by atoms with Gasteiger partial charge in [-0.1, -0.05) is 6.42 Å². The van der Waals surface area contributed by atoms with Crippen LogP contribution in [0.5, 0.6) is 0 Å². The lowest BCUT2D eigenvalue weighted by Crippen LogP contribution is -2.50. The van der Waals surface area contributed by atoms with E-state index >= 15 is 0 Å². The van der Waals surface area contributed by atoms with Gasteiger partial charge in [0.25, 0.3) is 0 Å². The zero-order valence-electron chi connectivity index (χ0n) is 15.1. The van der Waals surface area contributed by atoms with Crippen LogP contribution in [-0.2, 0) is 14.3 Å². The van der Waals surface area contributed by atoms with Crippen molar-refractivity contribution < 1.29 is 23.9 Å². The maximum absolute atomic E-state index is 12.4. The van der Waals surface area contributed by atoms with Gasteiger partial charge in [-0.2, -0.15) is 0 Å². The van der Waals surface area contributed by atoms with E-state index in [0.29, 0.717) is 6.42 Å². The standard InChI is InChI=1S/C17H29NO5/c1-15(2,3)22-13(20)18(14(21)23-16(4,5)6)12-17(10-11-19)8-7-9-17/h11H,7-10,12H2,1-6H3. The quantitative estimate of drug-likeness (QED) is 0.732. The molecule has 1 saturated carbocycles. The molecule has 132 valence electrons. The molecule has 23 heavy (non-hydrogen) atoms. The smallest absolute Gasteiger partial charge is 0.419 e. The summed E-state index contributed by atoms with van der Waals surface area (Å²) < 4.78 is 10.7. The maximum Gasteiger partial charge on any atom is 0.419 e. The predicted octanol–water partition coefficient (Wildman–Crippen LogP) is 3.92. The molecule has 6 heteroatoms. The summed E-state index contributed by atoms with van der Waals surface area (Å²) in [6.07, 6.45) is 2.33. The molecule has 6 nitrogen and oxygen atoms in total. The van der Waals surface area contributed by atoms with Crippen LogP contribution in [0.4, 0.5) is 9.59 Å². The molecule has 0 bridgehead atoms. The van der Waals surface area contributed by atoms with Gasteiger partial charge < -0.3 is 14.3 Å². The van der Waals surface area contributed by atoms with Gasteiger partial charge in [0.1, 0.15) is 17.5 Å². The molecule has 0 saturated heterocycles. The van der Waals surface area contributed by atoms with Crippen molar-refractivity contribution in [2.75, 3.05) is 6.54 Å². The molecule has 1 aliphatic rings. The van der Waals surface area contributed by atoms with E-state index in [-0.39, 0.29) is 12.0 Å². The first kappa shape index (κ1) is 19.5. The van der Waals surface area contributed by atoms with E-state index in [4.69, 9.17) is 9.47 Å². The molecule has 1 aliphatic carbocycles. The van der Waals surface area contributed by atoms with Crippen molar-refractivity contribution in [3.05, 3.63) is 0 Å². The fourth-order valence-corrected chi connectivity index (χ4v) is 2.45. The number of carbonyl (C=O) groups is 3.